The Balaban J connectivity index is 1.85. The summed E-state index contributed by atoms with van der Waals surface area (Å²) in [5.74, 6) is 0.615. The highest BCUT2D eigenvalue weighted by Gasteiger charge is 2.20. The van der Waals surface area contributed by atoms with Gasteiger partial charge < -0.3 is 19.4 Å². The van der Waals surface area contributed by atoms with Crippen LogP contribution in [0.15, 0.2) is 4.42 Å². The molecule has 1 aliphatic rings. The van der Waals surface area contributed by atoms with E-state index in [4.69, 9.17) is 9.15 Å². The molecule has 6 heteroatoms. The Morgan fingerprint density at radius 1 is 1.37 bits per heavy atom. The first-order valence-electron chi connectivity index (χ1n) is 6.84. The molecular formula is C13H24N4O2. The first-order chi connectivity index (χ1) is 8.94. The topological polar surface area (TPSA) is 63.4 Å². The molecule has 1 unspecified atom stereocenters. The molecule has 19 heavy (non-hydrogen) atoms. The lowest BCUT2D eigenvalue weighted by Gasteiger charge is -2.19. The molecule has 0 saturated carbocycles. The molecule has 1 aliphatic heterocycles. The van der Waals surface area contributed by atoms with Crippen LogP contribution >= 0.6 is 0 Å². The van der Waals surface area contributed by atoms with Crippen molar-refractivity contribution in [1.82, 2.24) is 15.5 Å². The number of aromatic nitrogens is 2. The highest BCUT2D eigenvalue weighted by atomic mass is 16.5. The van der Waals surface area contributed by atoms with Crippen LogP contribution in [0.1, 0.15) is 39.5 Å². The quantitative estimate of drug-likeness (QED) is 0.874. The number of likely N-dealkylation sites (N-methyl/N-ethyl adjacent to an activating group) is 1. The molecule has 2 heterocycles. The van der Waals surface area contributed by atoms with Gasteiger partial charge in [0.25, 0.3) is 0 Å². The molecular weight excluding hydrogens is 244 g/mol. The largest absolute Gasteiger partial charge is 0.407 e. The normalized spacial score (nSPS) is 19.9. The van der Waals surface area contributed by atoms with Gasteiger partial charge in [0.15, 0.2) is 0 Å². The highest BCUT2D eigenvalue weighted by Crippen LogP contribution is 2.17. The number of rotatable bonds is 5. The third-order valence-corrected chi connectivity index (χ3v) is 3.05. The molecule has 0 spiro atoms. The molecule has 1 aromatic heterocycles. The molecule has 1 aromatic rings. The van der Waals surface area contributed by atoms with Gasteiger partial charge >= 0.3 is 6.01 Å². The maximum absolute atomic E-state index is 5.64. The maximum atomic E-state index is 5.64. The maximum Gasteiger partial charge on any atom is 0.318 e. The van der Waals surface area contributed by atoms with Gasteiger partial charge in [-0.2, -0.15) is 0 Å². The van der Waals surface area contributed by atoms with Crippen LogP contribution in [0.3, 0.4) is 0 Å². The number of nitrogens with one attached hydrogen (secondary N) is 1. The molecule has 108 valence electrons. The Kier molecular flexibility index (Phi) is 4.42. The Morgan fingerprint density at radius 3 is 2.79 bits per heavy atom. The highest BCUT2D eigenvalue weighted by molar-refractivity contribution is 5.22. The fraction of sp³-hybridized carbons (Fsp3) is 0.846. The summed E-state index contributed by atoms with van der Waals surface area (Å²) >= 11 is 0. The number of ether oxygens (including phenoxy) is 1. The van der Waals surface area contributed by atoms with Crippen molar-refractivity contribution in [2.24, 2.45) is 0 Å². The summed E-state index contributed by atoms with van der Waals surface area (Å²) in [5, 5.41) is 11.4. The Bertz CT molecular complexity index is 394. The molecule has 0 bridgehead atoms. The van der Waals surface area contributed by atoms with Crippen LogP contribution in [-0.2, 0) is 11.3 Å². The second kappa shape index (κ2) is 5.88. The SMILES string of the molecule is CN(CC1CCCO1)c1nnc(CNC(C)(C)C)o1. The smallest absolute Gasteiger partial charge is 0.318 e. The van der Waals surface area contributed by atoms with Crippen LogP contribution in [0.4, 0.5) is 6.01 Å². The first-order valence-corrected chi connectivity index (χ1v) is 6.84. The molecule has 1 saturated heterocycles. The molecule has 6 nitrogen and oxygen atoms in total. The standard InChI is InChI=1S/C13H24N4O2/c1-13(2,3)14-8-11-15-16-12(19-11)17(4)9-10-6-5-7-18-10/h10,14H,5-9H2,1-4H3. The van der Waals surface area contributed by atoms with Gasteiger partial charge in [-0.05, 0) is 33.6 Å². The van der Waals surface area contributed by atoms with Gasteiger partial charge in [-0.1, -0.05) is 5.10 Å². The van der Waals surface area contributed by atoms with Gasteiger partial charge in [-0.3, -0.25) is 0 Å². The third kappa shape index (κ3) is 4.47. The molecule has 0 aliphatic carbocycles. The van der Waals surface area contributed by atoms with Crippen LogP contribution in [-0.4, -0.2) is 42.0 Å². The Morgan fingerprint density at radius 2 is 2.16 bits per heavy atom. The van der Waals surface area contributed by atoms with Gasteiger partial charge in [-0.15, -0.1) is 5.10 Å². The van der Waals surface area contributed by atoms with Gasteiger partial charge in [-0.25, -0.2) is 0 Å². The minimum Gasteiger partial charge on any atom is -0.407 e. The van der Waals surface area contributed by atoms with Crippen molar-refractivity contribution >= 4 is 6.01 Å². The van der Waals surface area contributed by atoms with E-state index in [0.717, 1.165) is 26.0 Å². The molecule has 1 atom stereocenters. The van der Waals surface area contributed by atoms with Gasteiger partial charge in [0.05, 0.1) is 12.6 Å². The summed E-state index contributed by atoms with van der Waals surface area (Å²) in [6, 6.07) is 0.557. The van der Waals surface area contributed by atoms with E-state index < -0.39 is 0 Å². The Labute approximate surface area is 114 Å². The van der Waals surface area contributed by atoms with Crippen molar-refractivity contribution in [2.45, 2.75) is 51.8 Å². The van der Waals surface area contributed by atoms with Gasteiger partial charge in [0.2, 0.25) is 5.89 Å². The lowest BCUT2D eigenvalue weighted by atomic mass is 10.1. The van der Waals surface area contributed by atoms with Crippen LogP contribution < -0.4 is 10.2 Å². The minimum atomic E-state index is 0.0399. The summed E-state index contributed by atoms with van der Waals surface area (Å²) in [5.41, 5.74) is 0.0399. The van der Waals surface area contributed by atoms with E-state index >= 15 is 0 Å². The Hall–Kier alpha value is -1.14. The fourth-order valence-electron chi connectivity index (χ4n) is 1.98. The van der Waals surface area contributed by atoms with Crippen molar-refractivity contribution in [2.75, 3.05) is 25.1 Å². The van der Waals surface area contributed by atoms with Gasteiger partial charge in [0.1, 0.15) is 0 Å². The minimum absolute atomic E-state index is 0.0399. The zero-order chi connectivity index (χ0) is 13.9. The van der Waals surface area contributed by atoms with Crippen LogP contribution in [0.25, 0.3) is 0 Å². The predicted molar refractivity (Wildman–Crippen MR) is 73.1 cm³/mol. The lowest BCUT2D eigenvalue weighted by molar-refractivity contribution is 0.115. The van der Waals surface area contributed by atoms with E-state index in [1.165, 1.54) is 0 Å². The van der Waals surface area contributed by atoms with E-state index in [9.17, 15) is 0 Å². The third-order valence-electron chi connectivity index (χ3n) is 3.05. The molecule has 1 fully saturated rings. The molecule has 0 amide bonds. The predicted octanol–water partition coefficient (Wildman–Crippen LogP) is 1.57. The molecule has 0 aromatic carbocycles. The monoisotopic (exact) mass is 268 g/mol. The van der Waals surface area contributed by atoms with Crippen molar-refractivity contribution in [1.29, 1.82) is 0 Å². The van der Waals surface area contributed by atoms with E-state index in [0.29, 0.717) is 18.5 Å². The molecule has 0 radical (unpaired) electrons. The number of hydrogen-bond acceptors (Lipinski definition) is 6. The van der Waals surface area contributed by atoms with E-state index in [-0.39, 0.29) is 11.6 Å². The summed E-state index contributed by atoms with van der Waals surface area (Å²) in [6.07, 6.45) is 2.54. The number of anilines is 1. The fourth-order valence-corrected chi connectivity index (χ4v) is 1.98. The zero-order valence-corrected chi connectivity index (χ0v) is 12.3. The van der Waals surface area contributed by atoms with Crippen molar-refractivity contribution in [3.63, 3.8) is 0 Å². The lowest BCUT2D eigenvalue weighted by Crippen LogP contribution is -2.35. The van der Waals surface area contributed by atoms with Crippen molar-refractivity contribution in [3.8, 4) is 0 Å². The van der Waals surface area contributed by atoms with Gasteiger partial charge in [0, 0.05) is 25.7 Å². The number of hydrogen-bond donors (Lipinski definition) is 1. The zero-order valence-electron chi connectivity index (χ0n) is 12.3. The number of nitrogens with zero attached hydrogens (tertiary/aromatic N) is 3. The summed E-state index contributed by atoms with van der Waals surface area (Å²) in [6.45, 7) is 8.57. The van der Waals surface area contributed by atoms with E-state index in [2.05, 4.69) is 36.3 Å². The second-order valence-corrected chi connectivity index (χ2v) is 6.10. The van der Waals surface area contributed by atoms with Crippen molar-refractivity contribution in [3.05, 3.63) is 5.89 Å². The summed E-state index contributed by atoms with van der Waals surface area (Å²) in [7, 11) is 1.95. The first kappa shape index (κ1) is 14.3. The average molecular weight is 268 g/mol. The summed E-state index contributed by atoms with van der Waals surface area (Å²) in [4.78, 5) is 1.96. The average Bonchev–Trinajstić information content (AvgIpc) is 2.95. The van der Waals surface area contributed by atoms with Crippen LogP contribution in [0.2, 0.25) is 0 Å². The molecule has 1 N–H and O–H groups in total. The summed E-state index contributed by atoms with van der Waals surface area (Å²) < 4.78 is 11.2. The van der Waals surface area contributed by atoms with Crippen LogP contribution in [0, 0.1) is 0 Å². The molecule has 2 rings (SSSR count). The second-order valence-electron chi connectivity index (χ2n) is 6.10. The van der Waals surface area contributed by atoms with Crippen LogP contribution in [0.5, 0.6) is 0 Å². The van der Waals surface area contributed by atoms with E-state index in [1.54, 1.807) is 0 Å². The van der Waals surface area contributed by atoms with Crippen molar-refractivity contribution < 1.29 is 9.15 Å². The van der Waals surface area contributed by atoms with E-state index in [1.807, 2.05) is 11.9 Å².